The number of halogens is 1. The third-order valence-electron chi connectivity index (χ3n) is 3.80. The minimum absolute atomic E-state index is 0.107. The highest BCUT2D eigenvalue weighted by Crippen LogP contribution is 2.14. The molecular formula is C15H23FN2. The van der Waals surface area contributed by atoms with Gasteiger partial charge in [0.1, 0.15) is 5.82 Å². The van der Waals surface area contributed by atoms with Gasteiger partial charge in [0.2, 0.25) is 0 Å². The van der Waals surface area contributed by atoms with Crippen LogP contribution in [0.4, 0.5) is 4.39 Å². The van der Waals surface area contributed by atoms with Gasteiger partial charge in [0.15, 0.2) is 0 Å². The van der Waals surface area contributed by atoms with E-state index in [1.807, 2.05) is 12.1 Å². The minimum Gasteiger partial charge on any atom is -0.310 e. The Kier molecular flexibility index (Phi) is 4.72. The van der Waals surface area contributed by atoms with Gasteiger partial charge in [-0.2, -0.15) is 0 Å². The average Bonchev–Trinajstić information content (AvgIpc) is 2.38. The lowest BCUT2D eigenvalue weighted by Gasteiger charge is -2.35. The Balaban J connectivity index is 1.77. The molecule has 0 amide bonds. The van der Waals surface area contributed by atoms with Crippen LogP contribution in [0.1, 0.15) is 32.3 Å². The summed E-state index contributed by atoms with van der Waals surface area (Å²) >= 11 is 0. The molecule has 1 aromatic rings. The van der Waals surface area contributed by atoms with E-state index in [0.717, 1.165) is 31.5 Å². The molecule has 3 heteroatoms. The number of benzene rings is 1. The molecule has 0 unspecified atom stereocenters. The SMILES string of the molecule is CC(C)N1CCC(NCc2ccccc2F)CC1. The zero-order chi connectivity index (χ0) is 13.0. The minimum atomic E-state index is -0.107. The van der Waals surface area contributed by atoms with Crippen LogP contribution in [-0.2, 0) is 6.54 Å². The Bertz CT molecular complexity index is 371. The van der Waals surface area contributed by atoms with Gasteiger partial charge in [0.05, 0.1) is 0 Å². The maximum atomic E-state index is 13.5. The zero-order valence-corrected chi connectivity index (χ0v) is 11.3. The van der Waals surface area contributed by atoms with Crippen LogP contribution in [0, 0.1) is 5.82 Å². The Labute approximate surface area is 109 Å². The van der Waals surface area contributed by atoms with Crippen LogP contribution < -0.4 is 5.32 Å². The average molecular weight is 250 g/mol. The Hall–Kier alpha value is -0.930. The quantitative estimate of drug-likeness (QED) is 0.884. The molecule has 18 heavy (non-hydrogen) atoms. The van der Waals surface area contributed by atoms with Crippen molar-refractivity contribution in [2.75, 3.05) is 13.1 Å². The van der Waals surface area contributed by atoms with Gasteiger partial charge < -0.3 is 10.2 Å². The number of hydrogen-bond donors (Lipinski definition) is 1. The molecule has 1 fully saturated rings. The monoisotopic (exact) mass is 250 g/mol. The molecule has 1 aromatic carbocycles. The topological polar surface area (TPSA) is 15.3 Å². The normalized spacial score (nSPS) is 18.4. The van der Waals surface area contributed by atoms with Crippen molar-refractivity contribution in [3.8, 4) is 0 Å². The number of hydrogen-bond acceptors (Lipinski definition) is 2. The van der Waals surface area contributed by atoms with Crippen molar-refractivity contribution < 1.29 is 4.39 Å². The van der Waals surface area contributed by atoms with E-state index in [2.05, 4.69) is 24.1 Å². The first-order valence-corrected chi connectivity index (χ1v) is 6.87. The van der Waals surface area contributed by atoms with Crippen molar-refractivity contribution in [2.45, 2.75) is 45.3 Å². The van der Waals surface area contributed by atoms with E-state index in [1.165, 1.54) is 6.07 Å². The van der Waals surface area contributed by atoms with Crippen molar-refractivity contribution in [1.82, 2.24) is 10.2 Å². The second-order valence-electron chi connectivity index (χ2n) is 5.38. The van der Waals surface area contributed by atoms with Crippen LogP contribution in [0.3, 0.4) is 0 Å². The van der Waals surface area contributed by atoms with Crippen LogP contribution in [-0.4, -0.2) is 30.1 Å². The first-order chi connectivity index (χ1) is 8.66. The predicted molar refractivity (Wildman–Crippen MR) is 73.0 cm³/mol. The fourth-order valence-corrected chi connectivity index (χ4v) is 2.52. The molecule has 2 rings (SSSR count). The summed E-state index contributed by atoms with van der Waals surface area (Å²) in [5.41, 5.74) is 0.767. The molecule has 0 atom stereocenters. The van der Waals surface area contributed by atoms with E-state index >= 15 is 0 Å². The van der Waals surface area contributed by atoms with Gasteiger partial charge >= 0.3 is 0 Å². The standard InChI is InChI=1S/C15H23FN2/c1-12(2)18-9-7-14(8-10-18)17-11-13-5-3-4-6-15(13)16/h3-6,12,14,17H,7-11H2,1-2H3. The van der Waals surface area contributed by atoms with Crippen LogP contribution in [0.25, 0.3) is 0 Å². The summed E-state index contributed by atoms with van der Waals surface area (Å²) in [6.45, 7) is 7.42. The van der Waals surface area contributed by atoms with Gasteiger partial charge in [-0.1, -0.05) is 18.2 Å². The first-order valence-electron chi connectivity index (χ1n) is 6.87. The number of nitrogens with one attached hydrogen (secondary N) is 1. The maximum absolute atomic E-state index is 13.5. The van der Waals surface area contributed by atoms with Crippen LogP contribution >= 0.6 is 0 Å². The summed E-state index contributed by atoms with van der Waals surface area (Å²) in [4.78, 5) is 2.50. The zero-order valence-electron chi connectivity index (χ0n) is 11.3. The Morgan fingerprint density at radius 1 is 1.28 bits per heavy atom. The van der Waals surface area contributed by atoms with E-state index in [9.17, 15) is 4.39 Å². The molecule has 0 saturated carbocycles. The number of rotatable bonds is 4. The second-order valence-corrected chi connectivity index (χ2v) is 5.38. The van der Waals surface area contributed by atoms with Crippen molar-refractivity contribution in [2.24, 2.45) is 0 Å². The lowest BCUT2D eigenvalue weighted by Crippen LogP contribution is -2.44. The fraction of sp³-hybridized carbons (Fsp3) is 0.600. The lowest BCUT2D eigenvalue weighted by molar-refractivity contribution is 0.160. The highest BCUT2D eigenvalue weighted by Gasteiger charge is 2.20. The second kappa shape index (κ2) is 6.30. The van der Waals surface area contributed by atoms with Gasteiger partial charge in [0, 0.05) is 24.2 Å². The highest BCUT2D eigenvalue weighted by molar-refractivity contribution is 5.17. The predicted octanol–water partition coefficient (Wildman–Crippen LogP) is 2.79. The summed E-state index contributed by atoms with van der Waals surface area (Å²) in [6, 6.07) is 8.17. The van der Waals surface area contributed by atoms with Gasteiger partial charge in [-0.25, -0.2) is 4.39 Å². The van der Waals surface area contributed by atoms with Gasteiger partial charge in [-0.3, -0.25) is 0 Å². The number of nitrogens with zero attached hydrogens (tertiary/aromatic N) is 1. The van der Waals surface area contributed by atoms with Gasteiger partial charge in [-0.05, 0) is 45.8 Å². The molecule has 1 heterocycles. The van der Waals surface area contributed by atoms with E-state index in [0.29, 0.717) is 18.6 Å². The van der Waals surface area contributed by atoms with E-state index in [4.69, 9.17) is 0 Å². The third-order valence-corrected chi connectivity index (χ3v) is 3.80. The Morgan fingerprint density at radius 3 is 2.56 bits per heavy atom. The van der Waals surface area contributed by atoms with E-state index in [1.54, 1.807) is 6.07 Å². The van der Waals surface area contributed by atoms with Crippen molar-refractivity contribution in [1.29, 1.82) is 0 Å². The fourth-order valence-electron chi connectivity index (χ4n) is 2.52. The molecule has 1 aliphatic heterocycles. The largest absolute Gasteiger partial charge is 0.310 e. The summed E-state index contributed by atoms with van der Waals surface area (Å²) in [5, 5.41) is 3.47. The van der Waals surface area contributed by atoms with Crippen LogP contribution in [0.2, 0.25) is 0 Å². The van der Waals surface area contributed by atoms with Crippen molar-refractivity contribution >= 4 is 0 Å². The smallest absolute Gasteiger partial charge is 0.127 e. The molecule has 0 aliphatic carbocycles. The summed E-state index contributed by atoms with van der Waals surface area (Å²) in [5.74, 6) is -0.107. The van der Waals surface area contributed by atoms with Gasteiger partial charge in [-0.15, -0.1) is 0 Å². The molecule has 0 radical (unpaired) electrons. The molecular weight excluding hydrogens is 227 g/mol. The summed E-state index contributed by atoms with van der Waals surface area (Å²) in [6.07, 6.45) is 2.32. The Morgan fingerprint density at radius 2 is 1.94 bits per heavy atom. The number of likely N-dealkylation sites (tertiary alicyclic amines) is 1. The molecule has 0 spiro atoms. The van der Waals surface area contributed by atoms with Crippen molar-refractivity contribution in [3.63, 3.8) is 0 Å². The van der Waals surface area contributed by atoms with Gasteiger partial charge in [0.25, 0.3) is 0 Å². The van der Waals surface area contributed by atoms with E-state index < -0.39 is 0 Å². The van der Waals surface area contributed by atoms with Crippen molar-refractivity contribution in [3.05, 3.63) is 35.6 Å². The maximum Gasteiger partial charge on any atom is 0.127 e. The number of piperidine rings is 1. The van der Waals surface area contributed by atoms with Crippen LogP contribution in [0.5, 0.6) is 0 Å². The summed E-state index contributed by atoms with van der Waals surface area (Å²) in [7, 11) is 0. The molecule has 1 N–H and O–H groups in total. The first kappa shape index (κ1) is 13.5. The molecule has 1 aliphatic rings. The molecule has 100 valence electrons. The lowest BCUT2D eigenvalue weighted by atomic mass is 10.0. The molecule has 1 saturated heterocycles. The molecule has 2 nitrogen and oxygen atoms in total. The van der Waals surface area contributed by atoms with Crippen LogP contribution in [0.15, 0.2) is 24.3 Å². The molecule has 0 aromatic heterocycles. The third kappa shape index (κ3) is 3.53. The molecule has 0 bridgehead atoms. The summed E-state index contributed by atoms with van der Waals surface area (Å²) < 4.78 is 13.5. The highest BCUT2D eigenvalue weighted by atomic mass is 19.1. The van der Waals surface area contributed by atoms with E-state index in [-0.39, 0.29) is 5.82 Å².